The summed E-state index contributed by atoms with van der Waals surface area (Å²) >= 11 is 0. The van der Waals surface area contributed by atoms with Gasteiger partial charge in [-0.2, -0.15) is 0 Å². The normalized spacial score (nSPS) is 14.3. The van der Waals surface area contributed by atoms with Crippen LogP contribution in [0.4, 0.5) is 5.82 Å². The number of hydrogen-bond donors (Lipinski definition) is 2. The van der Waals surface area contributed by atoms with E-state index in [4.69, 9.17) is 0 Å². The molecule has 2 atom stereocenters. The highest BCUT2D eigenvalue weighted by Crippen LogP contribution is 2.26. The monoisotopic (exact) mass is 258 g/mol. The molecule has 2 N–H and O–H groups in total. The standard InChI is InChI=1S/C16H22N2O/c1-4-11(2)9-12(3)18-16-15-10-14(19)6-5-13(15)7-8-17-16/h5-8,10-12,19H,4,9H2,1-3H3,(H,17,18). The van der Waals surface area contributed by atoms with Crippen LogP contribution in [-0.4, -0.2) is 16.1 Å². The van der Waals surface area contributed by atoms with E-state index in [1.54, 1.807) is 18.3 Å². The van der Waals surface area contributed by atoms with Gasteiger partial charge in [-0.1, -0.05) is 26.3 Å². The molecule has 0 radical (unpaired) electrons. The number of anilines is 1. The Hall–Kier alpha value is -1.77. The van der Waals surface area contributed by atoms with Crippen LogP contribution in [0.1, 0.15) is 33.6 Å². The smallest absolute Gasteiger partial charge is 0.134 e. The molecule has 0 spiro atoms. The predicted molar refractivity (Wildman–Crippen MR) is 80.6 cm³/mol. The molecule has 2 aromatic rings. The van der Waals surface area contributed by atoms with E-state index in [9.17, 15) is 5.11 Å². The van der Waals surface area contributed by atoms with Gasteiger partial charge in [0.2, 0.25) is 0 Å². The van der Waals surface area contributed by atoms with Crippen molar-refractivity contribution in [2.24, 2.45) is 5.92 Å². The lowest BCUT2D eigenvalue weighted by atomic mass is 10.0. The molecule has 1 aromatic carbocycles. The number of aromatic nitrogens is 1. The van der Waals surface area contributed by atoms with E-state index in [1.807, 2.05) is 12.1 Å². The molecule has 2 unspecified atom stereocenters. The van der Waals surface area contributed by atoms with Gasteiger partial charge in [-0.15, -0.1) is 0 Å². The summed E-state index contributed by atoms with van der Waals surface area (Å²) in [5, 5.41) is 15.1. The fourth-order valence-electron chi connectivity index (χ4n) is 2.33. The Morgan fingerprint density at radius 2 is 2.05 bits per heavy atom. The van der Waals surface area contributed by atoms with Crippen LogP contribution in [0.5, 0.6) is 5.75 Å². The van der Waals surface area contributed by atoms with Gasteiger partial charge < -0.3 is 10.4 Å². The summed E-state index contributed by atoms with van der Waals surface area (Å²) in [5.41, 5.74) is 0. The van der Waals surface area contributed by atoms with Crippen molar-refractivity contribution in [3.05, 3.63) is 30.5 Å². The molecular formula is C16H22N2O. The Morgan fingerprint density at radius 1 is 1.26 bits per heavy atom. The minimum absolute atomic E-state index is 0.276. The Kier molecular flexibility index (Phi) is 4.25. The van der Waals surface area contributed by atoms with Crippen molar-refractivity contribution in [2.75, 3.05) is 5.32 Å². The molecule has 0 fully saturated rings. The van der Waals surface area contributed by atoms with Crippen molar-refractivity contribution in [1.82, 2.24) is 4.98 Å². The highest BCUT2D eigenvalue weighted by atomic mass is 16.3. The number of pyridine rings is 1. The van der Waals surface area contributed by atoms with Crippen molar-refractivity contribution in [1.29, 1.82) is 0 Å². The van der Waals surface area contributed by atoms with Crippen LogP contribution in [-0.2, 0) is 0 Å². The van der Waals surface area contributed by atoms with Crippen molar-refractivity contribution in [2.45, 2.75) is 39.7 Å². The minimum Gasteiger partial charge on any atom is -0.508 e. The summed E-state index contributed by atoms with van der Waals surface area (Å²) in [6.07, 6.45) is 4.11. The third-order valence-corrected chi connectivity index (χ3v) is 3.59. The molecule has 19 heavy (non-hydrogen) atoms. The largest absolute Gasteiger partial charge is 0.508 e. The van der Waals surface area contributed by atoms with E-state index in [-0.39, 0.29) is 5.75 Å². The van der Waals surface area contributed by atoms with Crippen LogP contribution >= 0.6 is 0 Å². The summed E-state index contributed by atoms with van der Waals surface area (Å²) < 4.78 is 0. The van der Waals surface area contributed by atoms with Crippen molar-refractivity contribution >= 4 is 16.6 Å². The molecule has 0 bridgehead atoms. The molecule has 1 heterocycles. The second-order valence-electron chi connectivity index (χ2n) is 5.36. The van der Waals surface area contributed by atoms with Gasteiger partial charge in [0.05, 0.1) is 0 Å². The predicted octanol–water partition coefficient (Wildman–Crippen LogP) is 4.18. The minimum atomic E-state index is 0.276. The summed E-state index contributed by atoms with van der Waals surface area (Å²) in [7, 11) is 0. The SMILES string of the molecule is CCC(C)CC(C)Nc1nccc2ccc(O)cc12. The van der Waals surface area contributed by atoms with Gasteiger partial charge >= 0.3 is 0 Å². The van der Waals surface area contributed by atoms with E-state index in [0.29, 0.717) is 12.0 Å². The van der Waals surface area contributed by atoms with Gasteiger partial charge in [-0.3, -0.25) is 0 Å². The molecule has 0 aliphatic heterocycles. The first kappa shape index (κ1) is 13.7. The number of rotatable bonds is 5. The van der Waals surface area contributed by atoms with E-state index in [2.05, 4.69) is 31.1 Å². The number of benzene rings is 1. The van der Waals surface area contributed by atoms with Gasteiger partial charge in [0.25, 0.3) is 0 Å². The van der Waals surface area contributed by atoms with Crippen molar-refractivity contribution in [3.63, 3.8) is 0 Å². The van der Waals surface area contributed by atoms with E-state index < -0.39 is 0 Å². The average Bonchev–Trinajstić information content (AvgIpc) is 2.39. The lowest BCUT2D eigenvalue weighted by Crippen LogP contribution is -2.19. The zero-order chi connectivity index (χ0) is 13.8. The second kappa shape index (κ2) is 5.91. The van der Waals surface area contributed by atoms with Gasteiger partial charge in [-0.05, 0) is 42.8 Å². The highest BCUT2D eigenvalue weighted by Gasteiger charge is 2.10. The van der Waals surface area contributed by atoms with Crippen LogP contribution in [0.3, 0.4) is 0 Å². The quantitative estimate of drug-likeness (QED) is 0.845. The first-order valence-corrected chi connectivity index (χ1v) is 6.94. The third-order valence-electron chi connectivity index (χ3n) is 3.59. The molecule has 2 rings (SSSR count). The second-order valence-corrected chi connectivity index (χ2v) is 5.36. The molecule has 3 heteroatoms. The Balaban J connectivity index is 2.22. The number of phenols is 1. The number of hydrogen-bond acceptors (Lipinski definition) is 3. The van der Waals surface area contributed by atoms with Crippen LogP contribution < -0.4 is 5.32 Å². The first-order valence-electron chi connectivity index (χ1n) is 6.94. The fourth-order valence-corrected chi connectivity index (χ4v) is 2.33. The summed E-state index contributed by atoms with van der Waals surface area (Å²) in [6, 6.07) is 7.71. The van der Waals surface area contributed by atoms with E-state index >= 15 is 0 Å². The molecule has 0 saturated heterocycles. The summed E-state index contributed by atoms with van der Waals surface area (Å²) in [4.78, 5) is 4.40. The third kappa shape index (κ3) is 3.37. The van der Waals surface area contributed by atoms with Gasteiger partial charge in [0.15, 0.2) is 0 Å². The molecule has 3 nitrogen and oxygen atoms in total. The zero-order valence-corrected chi connectivity index (χ0v) is 11.9. The number of aromatic hydroxyl groups is 1. The Bertz CT molecular complexity index is 553. The molecule has 0 amide bonds. The lowest BCUT2D eigenvalue weighted by molar-refractivity contribution is 0.476. The molecular weight excluding hydrogens is 236 g/mol. The number of fused-ring (bicyclic) bond motifs is 1. The number of phenolic OH excluding ortho intramolecular Hbond substituents is 1. The average molecular weight is 258 g/mol. The van der Waals surface area contributed by atoms with Gasteiger partial charge in [0.1, 0.15) is 11.6 Å². The fraction of sp³-hybridized carbons (Fsp3) is 0.438. The maximum Gasteiger partial charge on any atom is 0.134 e. The Labute approximate surface area is 114 Å². The van der Waals surface area contributed by atoms with E-state index in [0.717, 1.165) is 23.0 Å². The zero-order valence-electron chi connectivity index (χ0n) is 11.9. The number of nitrogens with zero attached hydrogens (tertiary/aromatic N) is 1. The highest BCUT2D eigenvalue weighted by molar-refractivity contribution is 5.92. The van der Waals surface area contributed by atoms with Crippen LogP contribution in [0, 0.1) is 5.92 Å². The molecule has 0 aliphatic carbocycles. The summed E-state index contributed by atoms with van der Waals surface area (Å²) in [6.45, 7) is 6.65. The van der Waals surface area contributed by atoms with Crippen LogP contribution in [0.15, 0.2) is 30.5 Å². The molecule has 0 saturated carbocycles. The first-order chi connectivity index (χ1) is 9.10. The molecule has 0 aliphatic rings. The Morgan fingerprint density at radius 3 is 2.79 bits per heavy atom. The van der Waals surface area contributed by atoms with E-state index in [1.165, 1.54) is 6.42 Å². The number of nitrogens with one attached hydrogen (secondary N) is 1. The molecule has 102 valence electrons. The topological polar surface area (TPSA) is 45.2 Å². The van der Waals surface area contributed by atoms with Crippen molar-refractivity contribution < 1.29 is 5.11 Å². The van der Waals surface area contributed by atoms with Crippen molar-refractivity contribution in [3.8, 4) is 5.75 Å². The molecule has 1 aromatic heterocycles. The van der Waals surface area contributed by atoms with Gasteiger partial charge in [-0.25, -0.2) is 4.98 Å². The van der Waals surface area contributed by atoms with Crippen LogP contribution in [0.25, 0.3) is 10.8 Å². The maximum absolute atomic E-state index is 9.62. The maximum atomic E-state index is 9.62. The lowest BCUT2D eigenvalue weighted by Gasteiger charge is -2.19. The van der Waals surface area contributed by atoms with Gasteiger partial charge in [0, 0.05) is 17.6 Å². The van der Waals surface area contributed by atoms with Crippen LogP contribution in [0.2, 0.25) is 0 Å². The summed E-state index contributed by atoms with van der Waals surface area (Å²) in [5.74, 6) is 1.83.